The topological polar surface area (TPSA) is 59.2 Å². The summed E-state index contributed by atoms with van der Waals surface area (Å²) in [7, 11) is 0. The van der Waals surface area contributed by atoms with Gasteiger partial charge in [-0.05, 0) is 36.4 Å². The van der Waals surface area contributed by atoms with Gasteiger partial charge in [-0.3, -0.25) is 4.79 Å². The van der Waals surface area contributed by atoms with Crippen molar-refractivity contribution in [3.05, 3.63) is 46.4 Å². The molecular weight excluding hydrogens is 294 g/mol. The molecule has 2 aromatic rings. The minimum atomic E-state index is -0.00380. The predicted molar refractivity (Wildman–Crippen MR) is 83.2 cm³/mol. The molecule has 0 radical (unpaired) electrons. The fraction of sp³-hybridized carbons (Fsp3) is 0.286. The number of hydrogen-bond acceptors (Lipinski definition) is 4. The molecular formula is C14H16ClN3OS. The molecule has 3 heterocycles. The van der Waals surface area contributed by atoms with Crippen LogP contribution in [0.4, 0.5) is 5.69 Å². The number of nitrogens with two attached hydrogens (primary N) is 1. The van der Waals surface area contributed by atoms with Gasteiger partial charge in [0.05, 0.1) is 17.9 Å². The van der Waals surface area contributed by atoms with Crippen molar-refractivity contribution in [1.82, 2.24) is 9.88 Å². The molecule has 1 atom stereocenters. The van der Waals surface area contributed by atoms with Crippen LogP contribution in [-0.2, 0) is 0 Å². The van der Waals surface area contributed by atoms with Crippen LogP contribution >= 0.6 is 23.7 Å². The van der Waals surface area contributed by atoms with Gasteiger partial charge in [-0.2, -0.15) is 0 Å². The molecule has 1 unspecified atom stereocenters. The maximum Gasteiger partial charge on any atom is 0.272 e. The Hall–Kier alpha value is -1.59. The van der Waals surface area contributed by atoms with Gasteiger partial charge < -0.3 is 10.6 Å². The first-order chi connectivity index (χ1) is 9.25. The number of hydrogen-bond donors (Lipinski definition) is 1. The van der Waals surface area contributed by atoms with Crippen LogP contribution in [-0.4, -0.2) is 22.3 Å². The second kappa shape index (κ2) is 6.24. The minimum Gasteiger partial charge on any atom is -0.397 e. The lowest BCUT2D eigenvalue weighted by Crippen LogP contribution is -2.30. The van der Waals surface area contributed by atoms with Gasteiger partial charge >= 0.3 is 0 Å². The number of amides is 1. The molecule has 1 fully saturated rings. The monoisotopic (exact) mass is 309 g/mol. The Kier molecular flexibility index (Phi) is 4.62. The lowest BCUT2D eigenvalue weighted by molar-refractivity contribution is 0.0732. The number of aromatic nitrogens is 1. The Balaban J connectivity index is 0.00000147. The molecule has 0 bridgehead atoms. The second-order valence-electron chi connectivity index (χ2n) is 4.65. The first kappa shape index (κ1) is 14.8. The zero-order valence-electron chi connectivity index (χ0n) is 10.9. The van der Waals surface area contributed by atoms with Crippen LogP contribution in [0.15, 0.2) is 35.8 Å². The number of carbonyl (C=O) groups excluding carboxylic acids is 1. The molecule has 0 saturated carbocycles. The highest BCUT2D eigenvalue weighted by atomic mass is 35.5. The quantitative estimate of drug-likeness (QED) is 0.927. The number of likely N-dealkylation sites (tertiary alicyclic amines) is 1. The molecule has 1 aliphatic heterocycles. The maximum absolute atomic E-state index is 12.5. The summed E-state index contributed by atoms with van der Waals surface area (Å²) in [6.07, 6.45) is 3.61. The van der Waals surface area contributed by atoms with Crippen LogP contribution in [0.2, 0.25) is 0 Å². The van der Waals surface area contributed by atoms with Crippen molar-refractivity contribution in [2.24, 2.45) is 0 Å². The molecule has 1 amide bonds. The number of rotatable bonds is 2. The van der Waals surface area contributed by atoms with Gasteiger partial charge in [0.15, 0.2) is 0 Å². The SMILES string of the molecule is Cl.Nc1ccc(C(=O)N2CCCC2c2cccs2)nc1. The zero-order valence-corrected chi connectivity index (χ0v) is 12.5. The lowest BCUT2D eigenvalue weighted by atomic mass is 10.2. The van der Waals surface area contributed by atoms with E-state index in [1.807, 2.05) is 11.0 Å². The number of anilines is 1. The van der Waals surface area contributed by atoms with Gasteiger partial charge in [0.1, 0.15) is 5.69 Å². The first-order valence-corrected chi connectivity index (χ1v) is 7.19. The van der Waals surface area contributed by atoms with E-state index in [2.05, 4.69) is 16.4 Å². The number of carbonyl (C=O) groups is 1. The van der Waals surface area contributed by atoms with Crippen molar-refractivity contribution < 1.29 is 4.79 Å². The molecule has 3 rings (SSSR count). The summed E-state index contributed by atoms with van der Waals surface area (Å²) in [5.41, 5.74) is 6.65. The normalized spacial score (nSPS) is 17.8. The largest absolute Gasteiger partial charge is 0.397 e. The maximum atomic E-state index is 12.5. The van der Waals surface area contributed by atoms with E-state index in [-0.39, 0.29) is 24.4 Å². The number of nitrogens with zero attached hydrogens (tertiary/aromatic N) is 2. The molecule has 0 aliphatic carbocycles. The summed E-state index contributed by atoms with van der Waals surface area (Å²) in [5, 5.41) is 2.05. The van der Waals surface area contributed by atoms with Crippen molar-refractivity contribution in [2.45, 2.75) is 18.9 Å². The third-order valence-corrected chi connectivity index (χ3v) is 4.36. The van der Waals surface area contributed by atoms with Crippen LogP contribution in [0.5, 0.6) is 0 Å². The van der Waals surface area contributed by atoms with E-state index in [0.717, 1.165) is 19.4 Å². The van der Waals surface area contributed by atoms with Crippen molar-refractivity contribution in [2.75, 3.05) is 12.3 Å². The molecule has 2 aromatic heterocycles. The standard InChI is InChI=1S/C14H15N3OS.ClH/c15-10-5-6-11(16-9-10)14(18)17-7-1-3-12(17)13-4-2-8-19-13;/h2,4-6,8-9,12H,1,3,7,15H2;1H. The Morgan fingerprint density at radius 3 is 2.90 bits per heavy atom. The van der Waals surface area contributed by atoms with Gasteiger partial charge in [-0.15, -0.1) is 23.7 Å². The summed E-state index contributed by atoms with van der Waals surface area (Å²) in [6.45, 7) is 0.799. The Bertz CT molecular complexity index is 571. The smallest absolute Gasteiger partial charge is 0.272 e. The molecule has 2 N–H and O–H groups in total. The molecule has 0 spiro atoms. The third-order valence-electron chi connectivity index (χ3n) is 3.39. The average molecular weight is 310 g/mol. The van der Waals surface area contributed by atoms with Crippen molar-refractivity contribution >= 4 is 35.3 Å². The molecule has 20 heavy (non-hydrogen) atoms. The lowest BCUT2D eigenvalue weighted by Gasteiger charge is -2.23. The van der Waals surface area contributed by atoms with Gasteiger partial charge in [-0.1, -0.05) is 6.07 Å². The molecule has 0 aromatic carbocycles. The Labute approximate surface area is 128 Å². The van der Waals surface area contributed by atoms with Crippen LogP contribution in [0, 0.1) is 0 Å². The fourth-order valence-electron chi connectivity index (χ4n) is 2.47. The summed E-state index contributed by atoms with van der Waals surface area (Å²) >= 11 is 1.70. The predicted octanol–water partition coefficient (Wildman–Crippen LogP) is 3.12. The van der Waals surface area contributed by atoms with Gasteiger partial charge in [0.2, 0.25) is 0 Å². The molecule has 1 saturated heterocycles. The van der Waals surface area contributed by atoms with Gasteiger partial charge in [0, 0.05) is 11.4 Å². The fourth-order valence-corrected chi connectivity index (χ4v) is 3.34. The minimum absolute atomic E-state index is 0. The van der Waals surface area contributed by atoms with E-state index < -0.39 is 0 Å². The summed E-state index contributed by atoms with van der Waals surface area (Å²) in [5.74, 6) is -0.00380. The van der Waals surface area contributed by atoms with Crippen LogP contribution in [0.3, 0.4) is 0 Å². The zero-order chi connectivity index (χ0) is 13.2. The van der Waals surface area contributed by atoms with Crippen LogP contribution < -0.4 is 5.73 Å². The number of nitrogen functional groups attached to an aromatic ring is 1. The number of thiophene rings is 1. The van der Waals surface area contributed by atoms with Gasteiger partial charge in [-0.25, -0.2) is 4.98 Å². The van der Waals surface area contributed by atoms with Crippen LogP contribution in [0.1, 0.15) is 34.2 Å². The van der Waals surface area contributed by atoms with Gasteiger partial charge in [0.25, 0.3) is 5.91 Å². The van der Waals surface area contributed by atoms with Crippen molar-refractivity contribution in [3.63, 3.8) is 0 Å². The Morgan fingerprint density at radius 2 is 2.25 bits per heavy atom. The summed E-state index contributed by atoms with van der Waals surface area (Å²) in [6, 6.07) is 7.74. The van der Waals surface area contributed by atoms with Crippen LogP contribution in [0.25, 0.3) is 0 Å². The number of pyridine rings is 1. The Morgan fingerprint density at radius 1 is 1.40 bits per heavy atom. The van der Waals surface area contributed by atoms with Crippen molar-refractivity contribution in [1.29, 1.82) is 0 Å². The highest BCUT2D eigenvalue weighted by molar-refractivity contribution is 7.10. The molecule has 1 aliphatic rings. The summed E-state index contributed by atoms with van der Waals surface area (Å²) < 4.78 is 0. The highest BCUT2D eigenvalue weighted by Crippen LogP contribution is 2.35. The van der Waals surface area contributed by atoms with E-state index in [1.54, 1.807) is 23.5 Å². The third kappa shape index (κ3) is 2.78. The molecule has 106 valence electrons. The van der Waals surface area contributed by atoms with E-state index in [9.17, 15) is 4.79 Å². The average Bonchev–Trinajstić information content (AvgIpc) is 3.09. The highest BCUT2D eigenvalue weighted by Gasteiger charge is 2.31. The van der Waals surface area contributed by atoms with Crippen molar-refractivity contribution in [3.8, 4) is 0 Å². The molecule has 4 nitrogen and oxygen atoms in total. The van der Waals surface area contributed by atoms with E-state index in [1.165, 1.54) is 11.1 Å². The molecule has 6 heteroatoms. The first-order valence-electron chi connectivity index (χ1n) is 6.31. The second-order valence-corrected chi connectivity index (χ2v) is 5.63. The number of halogens is 1. The van der Waals surface area contributed by atoms with E-state index in [0.29, 0.717) is 11.4 Å². The van der Waals surface area contributed by atoms with E-state index >= 15 is 0 Å². The summed E-state index contributed by atoms with van der Waals surface area (Å²) in [4.78, 5) is 19.8. The van der Waals surface area contributed by atoms with E-state index in [4.69, 9.17) is 5.73 Å².